The van der Waals surface area contributed by atoms with Crippen molar-refractivity contribution in [3.05, 3.63) is 82.2 Å². The molecule has 0 unspecified atom stereocenters. The summed E-state index contributed by atoms with van der Waals surface area (Å²) in [7, 11) is 0. The first kappa shape index (κ1) is 28.8. The van der Waals surface area contributed by atoms with Gasteiger partial charge in [-0.2, -0.15) is 18.3 Å². The Bertz CT molecular complexity index is 1670. The Morgan fingerprint density at radius 2 is 1.84 bits per heavy atom. The first-order valence-corrected chi connectivity index (χ1v) is 14.6. The molecule has 8 nitrogen and oxygen atoms in total. The number of ether oxygens (including phenoxy) is 1. The van der Waals surface area contributed by atoms with Gasteiger partial charge in [-0.1, -0.05) is 12.1 Å². The van der Waals surface area contributed by atoms with E-state index in [-0.39, 0.29) is 35.9 Å². The lowest BCUT2D eigenvalue weighted by atomic mass is 9.89. The van der Waals surface area contributed by atoms with Gasteiger partial charge in [0.25, 0.3) is 0 Å². The molecule has 1 saturated heterocycles. The van der Waals surface area contributed by atoms with E-state index in [2.05, 4.69) is 10.1 Å². The normalized spacial score (nSPS) is 16.0. The van der Waals surface area contributed by atoms with Gasteiger partial charge in [0.05, 0.1) is 16.8 Å². The molecule has 13 heteroatoms. The number of aromatic carboxylic acids is 1. The number of amides is 1. The Morgan fingerprint density at radius 1 is 1.07 bits per heavy atom. The highest BCUT2D eigenvalue weighted by Gasteiger charge is 2.41. The van der Waals surface area contributed by atoms with Crippen molar-refractivity contribution >= 4 is 23.2 Å². The van der Waals surface area contributed by atoms with E-state index in [0.29, 0.717) is 40.1 Å². The SMILES string of the molecule is O=C(O)c1cnn(-c2cccc(-c3sccc3COc3ccc(C4CCN(C(=O)C5CC5)CC4)cc3F)n2)c1C(F)(F)F. The van der Waals surface area contributed by atoms with Crippen LogP contribution < -0.4 is 4.74 Å². The molecule has 2 aliphatic rings. The van der Waals surface area contributed by atoms with Gasteiger partial charge in [-0.25, -0.2) is 18.9 Å². The summed E-state index contributed by atoms with van der Waals surface area (Å²) in [5.41, 5.74) is -0.575. The van der Waals surface area contributed by atoms with Crippen molar-refractivity contribution in [1.82, 2.24) is 19.7 Å². The molecule has 224 valence electrons. The third-order valence-corrected chi connectivity index (χ3v) is 8.72. The molecular weight excluding hydrogens is 588 g/mol. The Kier molecular flexibility index (Phi) is 7.67. The number of halogens is 4. The number of thiophene rings is 1. The number of alkyl halides is 3. The van der Waals surface area contributed by atoms with Gasteiger partial charge in [-0.05, 0) is 72.9 Å². The molecule has 0 radical (unpaired) electrons. The number of rotatable bonds is 8. The molecule has 1 N–H and O–H groups in total. The number of carbonyl (C=O) groups excluding carboxylic acids is 1. The number of carbonyl (C=O) groups is 2. The molecular formula is C30H26F4N4O4S. The van der Waals surface area contributed by atoms with Crippen molar-refractivity contribution < 1.29 is 37.0 Å². The van der Waals surface area contributed by atoms with Gasteiger partial charge < -0.3 is 14.7 Å². The summed E-state index contributed by atoms with van der Waals surface area (Å²) in [5, 5.41) is 14.6. The summed E-state index contributed by atoms with van der Waals surface area (Å²) in [6.07, 6.45) is -0.819. The number of hydrogen-bond donors (Lipinski definition) is 1. The third-order valence-electron chi connectivity index (χ3n) is 7.74. The standard InChI is InChI=1S/C30H26F4N4O4S/c31-22-14-19(17-8-11-37(12-9-17)28(39)18-4-5-18)6-7-24(22)42-16-20-10-13-43-26(20)23-2-1-3-25(36-23)38-27(30(32,33)34)21(15-35-38)29(40)41/h1-3,6-7,10,13-15,17-18H,4-5,8-9,11-12,16H2,(H,40,41). The molecule has 6 rings (SSSR count). The van der Waals surface area contributed by atoms with Crippen LogP contribution in [0.25, 0.3) is 16.4 Å². The minimum absolute atomic E-state index is 0.0125. The molecule has 4 heterocycles. The number of carboxylic acids is 1. The Labute approximate surface area is 247 Å². The number of hydrogen-bond acceptors (Lipinski definition) is 6. The van der Waals surface area contributed by atoms with Crippen LogP contribution in [0.1, 0.15) is 58.8 Å². The average Bonchev–Trinajstić information content (AvgIpc) is 3.54. The maximum atomic E-state index is 15.1. The van der Waals surface area contributed by atoms with Crippen LogP contribution in [0, 0.1) is 11.7 Å². The highest BCUT2D eigenvalue weighted by molar-refractivity contribution is 7.13. The average molecular weight is 615 g/mol. The molecule has 0 bridgehead atoms. The lowest BCUT2D eigenvalue weighted by Crippen LogP contribution is -2.38. The van der Waals surface area contributed by atoms with Crippen molar-refractivity contribution in [2.24, 2.45) is 5.92 Å². The first-order valence-electron chi connectivity index (χ1n) is 13.7. The maximum absolute atomic E-state index is 15.1. The van der Waals surface area contributed by atoms with E-state index in [9.17, 15) is 27.9 Å². The quantitative estimate of drug-likeness (QED) is 0.226. The number of carboxylic acid groups (broad SMARTS) is 1. The Morgan fingerprint density at radius 3 is 2.51 bits per heavy atom. The highest BCUT2D eigenvalue weighted by Crippen LogP contribution is 2.37. The van der Waals surface area contributed by atoms with Crippen LogP contribution in [-0.2, 0) is 17.6 Å². The topological polar surface area (TPSA) is 97.5 Å². The molecule has 1 amide bonds. The smallest absolute Gasteiger partial charge is 0.434 e. The molecule has 1 aliphatic heterocycles. The molecule has 1 aromatic carbocycles. The van der Waals surface area contributed by atoms with Crippen LogP contribution in [0.5, 0.6) is 5.75 Å². The summed E-state index contributed by atoms with van der Waals surface area (Å²) >= 11 is 1.28. The fourth-order valence-electron chi connectivity index (χ4n) is 5.36. The second kappa shape index (κ2) is 11.4. The van der Waals surface area contributed by atoms with Gasteiger partial charge in [-0.3, -0.25) is 4.79 Å². The van der Waals surface area contributed by atoms with E-state index in [4.69, 9.17) is 4.74 Å². The van der Waals surface area contributed by atoms with Crippen LogP contribution in [-0.4, -0.2) is 49.7 Å². The molecule has 3 aromatic heterocycles. The van der Waals surface area contributed by atoms with Gasteiger partial charge in [-0.15, -0.1) is 11.3 Å². The largest absolute Gasteiger partial charge is 0.486 e. The highest BCUT2D eigenvalue weighted by atomic mass is 32.1. The van der Waals surface area contributed by atoms with Gasteiger partial charge in [0.1, 0.15) is 12.2 Å². The van der Waals surface area contributed by atoms with E-state index in [1.54, 1.807) is 23.6 Å². The number of piperidine rings is 1. The van der Waals surface area contributed by atoms with E-state index in [1.807, 2.05) is 11.0 Å². The van der Waals surface area contributed by atoms with Gasteiger partial charge >= 0.3 is 12.1 Å². The molecule has 0 spiro atoms. The van der Waals surface area contributed by atoms with E-state index >= 15 is 4.39 Å². The second-order valence-electron chi connectivity index (χ2n) is 10.6. The maximum Gasteiger partial charge on any atom is 0.434 e. The van der Waals surface area contributed by atoms with Gasteiger partial charge in [0.15, 0.2) is 23.1 Å². The second-order valence-corrected chi connectivity index (χ2v) is 11.5. The Hall–Kier alpha value is -4.26. The van der Waals surface area contributed by atoms with E-state index in [0.717, 1.165) is 31.2 Å². The molecule has 0 atom stereocenters. The van der Waals surface area contributed by atoms with Crippen LogP contribution in [0.2, 0.25) is 0 Å². The first-order chi connectivity index (χ1) is 20.6. The van der Waals surface area contributed by atoms with Crippen LogP contribution in [0.15, 0.2) is 54.0 Å². The molecule has 1 aliphatic carbocycles. The summed E-state index contributed by atoms with van der Waals surface area (Å²) in [4.78, 5) is 30.5. The Balaban J connectivity index is 1.15. The zero-order valence-electron chi connectivity index (χ0n) is 22.7. The number of pyridine rings is 1. The van der Waals surface area contributed by atoms with Crippen molar-refractivity contribution in [3.63, 3.8) is 0 Å². The lowest BCUT2D eigenvalue weighted by Gasteiger charge is -2.32. The zero-order chi connectivity index (χ0) is 30.3. The summed E-state index contributed by atoms with van der Waals surface area (Å²) in [6, 6.07) is 11.1. The van der Waals surface area contributed by atoms with Crippen molar-refractivity contribution in [3.8, 4) is 22.1 Å². The molecule has 1 saturated carbocycles. The van der Waals surface area contributed by atoms with Crippen molar-refractivity contribution in [2.75, 3.05) is 13.1 Å². The van der Waals surface area contributed by atoms with Gasteiger partial charge in [0, 0.05) is 24.6 Å². The zero-order valence-corrected chi connectivity index (χ0v) is 23.5. The fourth-order valence-corrected chi connectivity index (χ4v) is 6.24. The van der Waals surface area contributed by atoms with Crippen molar-refractivity contribution in [1.29, 1.82) is 0 Å². The minimum atomic E-state index is -4.98. The lowest BCUT2D eigenvalue weighted by molar-refractivity contribution is -0.143. The van der Waals surface area contributed by atoms with Crippen LogP contribution in [0.4, 0.5) is 17.6 Å². The summed E-state index contributed by atoms with van der Waals surface area (Å²) in [6.45, 7) is 1.34. The third kappa shape index (κ3) is 5.99. The number of likely N-dealkylation sites (tertiary alicyclic amines) is 1. The predicted molar refractivity (Wildman–Crippen MR) is 149 cm³/mol. The van der Waals surface area contributed by atoms with Gasteiger partial charge in [0.2, 0.25) is 5.91 Å². The molecule has 2 fully saturated rings. The van der Waals surface area contributed by atoms with E-state index < -0.39 is 29.2 Å². The monoisotopic (exact) mass is 614 g/mol. The van der Waals surface area contributed by atoms with Crippen molar-refractivity contribution in [2.45, 2.75) is 44.4 Å². The number of benzene rings is 1. The van der Waals surface area contributed by atoms with E-state index in [1.165, 1.54) is 29.5 Å². The summed E-state index contributed by atoms with van der Waals surface area (Å²) < 4.78 is 62.5. The minimum Gasteiger partial charge on any atom is -0.486 e. The summed E-state index contributed by atoms with van der Waals surface area (Å²) in [5.74, 6) is -1.80. The number of aromatic nitrogens is 3. The fraction of sp³-hybridized carbons (Fsp3) is 0.333. The van der Waals surface area contributed by atoms with Crippen LogP contribution in [0.3, 0.4) is 0 Å². The van der Waals surface area contributed by atoms with Crippen LogP contribution >= 0.6 is 11.3 Å². The number of nitrogens with zero attached hydrogens (tertiary/aromatic N) is 4. The predicted octanol–water partition coefficient (Wildman–Crippen LogP) is 6.55. The molecule has 4 aromatic rings. The molecule has 43 heavy (non-hydrogen) atoms.